The number of nitrogens with two attached hydrogens (primary N) is 1. The van der Waals surface area contributed by atoms with Crippen molar-refractivity contribution >= 4 is 16.0 Å². The van der Waals surface area contributed by atoms with E-state index in [0.29, 0.717) is 39.0 Å². The van der Waals surface area contributed by atoms with Gasteiger partial charge in [-0.1, -0.05) is 20.8 Å². The van der Waals surface area contributed by atoms with Crippen LogP contribution in [0.15, 0.2) is 0 Å². The molecule has 0 aliphatic carbocycles. The summed E-state index contributed by atoms with van der Waals surface area (Å²) in [5.41, 5.74) is 5.22. The first-order chi connectivity index (χ1) is 8.28. The summed E-state index contributed by atoms with van der Waals surface area (Å²) in [5.74, 6) is 0.155. The van der Waals surface area contributed by atoms with E-state index in [0.717, 1.165) is 0 Å². The second-order valence-corrected chi connectivity index (χ2v) is 6.89. The Kier molecular flexibility index (Phi) is 4.74. The van der Waals surface area contributed by atoms with Gasteiger partial charge in [0.25, 0.3) is 10.2 Å². The standard InChI is InChI=1S/C11H24N4O2S/c1-4-14(5-2)18(16,17)15-8-6-11(3,7-9-15)10(12)13/h4-9H2,1-3H3,(H3,12,13). The molecule has 106 valence electrons. The van der Waals surface area contributed by atoms with E-state index in [9.17, 15) is 8.42 Å². The molecule has 18 heavy (non-hydrogen) atoms. The van der Waals surface area contributed by atoms with Crippen molar-refractivity contribution in [2.24, 2.45) is 11.1 Å². The van der Waals surface area contributed by atoms with E-state index in [4.69, 9.17) is 11.1 Å². The zero-order chi connectivity index (χ0) is 14.0. The highest BCUT2D eigenvalue weighted by Crippen LogP contribution is 2.32. The van der Waals surface area contributed by atoms with Crippen molar-refractivity contribution in [1.29, 1.82) is 5.41 Å². The van der Waals surface area contributed by atoms with Crippen LogP contribution in [-0.2, 0) is 10.2 Å². The van der Waals surface area contributed by atoms with Gasteiger partial charge in [0, 0.05) is 31.6 Å². The van der Waals surface area contributed by atoms with Crippen molar-refractivity contribution in [2.75, 3.05) is 26.2 Å². The molecule has 1 saturated heterocycles. The fourth-order valence-corrected chi connectivity index (χ4v) is 3.82. The third-order valence-electron chi connectivity index (χ3n) is 3.83. The zero-order valence-electron chi connectivity index (χ0n) is 11.4. The van der Waals surface area contributed by atoms with Crippen LogP contribution in [0, 0.1) is 10.8 Å². The van der Waals surface area contributed by atoms with E-state index in [1.165, 1.54) is 8.61 Å². The Labute approximate surface area is 110 Å². The van der Waals surface area contributed by atoms with Crippen LogP contribution in [0.3, 0.4) is 0 Å². The Morgan fingerprint density at radius 3 is 2.11 bits per heavy atom. The molecule has 7 heteroatoms. The average molecular weight is 276 g/mol. The van der Waals surface area contributed by atoms with Gasteiger partial charge in [0.1, 0.15) is 0 Å². The van der Waals surface area contributed by atoms with Gasteiger partial charge in [0.15, 0.2) is 0 Å². The zero-order valence-corrected chi connectivity index (χ0v) is 12.3. The van der Waals surface area contributed by atoms with E-state index in [2.05, 4.69) is 0 Å². The predicted octanol–water partition coefficient (Wildman–Crippen LogP) is 0.611. The average Bonchev–Trinajstić information content (AvgIpc) is 2.30. The number of amidine groups is 1. The minimum absolute atomic E-state index is 0.155. The smallest absolute Gasteiger partial charge is 0.281 e. The maximum absolute atomic E-state index is 12.3. The summed E-state index contributed by atoms with van der Waals surface area (Å²) in [6.07, 6.45) is 1.23. The fourth-order valence-electron chi connectivity index (χ4n) is 2.19. The molecule has 0 saturated carbocycles. The minimum Gasteiger partial charge on any atom is -0.387 e. The van der Waals surface area contributed by atoms with Gasteiger partial charge in [0.05, 0.1) is 5.84 Å². The van der Waals surface area contributed by atoms with Gasteiger partial charge in [-0.2, -0.15) is 17.0 Å². The molecule has 1 aliphatic rings. The fraction of sp³-hybridized carbons (Fsp3) is 0.909. The third-order valence-corrected chi connectivity index (χ3v) is 6.02. The second kappa shape index (κ2) is 5.54. The van der Waals surface area contributed by atoms with Crippen molar-refractivity contribution in [3.05, 3.63) is 0 Å². The summed E-state index contributed by atoms with van der Waals surface area (Å²) in [6.45, 7) is 7.45. The lowest BCUT2D eigenvalue weighted by Crippen LogP contribution is -2.51. The molecular formula is C11H24N4O2S. The van der Waals surface area contributed by atoms with Crippen LogP contribution in [0.2, 0.25) is 0 Å². The molecule has 1 fully saturated rings. The molecule has 0 aromatic heterocycles. The molecule has 0 amide bonds. The number of nitrogens with one attached hydrogen (secondary N) is 1. The van der Waals surface area contributed by atoms with E-state index < -0.39 is 10.2 Å². The van der Waals surface area contributed by atoms with Gasteiger partial charge in [0.2, 0.25) is 0 Å². The number of piperidine rings is 1. The van der Waals surface area contributed by atoms with Crippen molar-refractivity contribution in [1.82, 2.24) is 8.61 Å². The van der Waals surface area contributed by atoms with E-state index in [-0.39, 0.29) is 11.3 Å². The first-order valence-electron chi connectivity index (χ1n) is 6.37. The largest absolute Gasteiger partial charge is 0.387 e. The second-order valence-electron chi connectivity index (χ2n) is 4.97. The van der Waals surface area contributed by atoms with Crippen LogP contribution in [-0.4, -0.2) is 49.0 Å². The SMILES string of the molecule is CCN(CC)S(=O)(=O)N1CCC(C)(C(=N)N)CC1. The maximum atomic E-state index is 12.3. The highest BCUT2D eigenvalue weighted by atomic mass is 32.2. The Morgan fingerprint density at radius 2 is 1.78 bits per heavy atom. The van der Waals surface area contributed by atoms with Crippen LogP contribution < -0.4 is 5.73 Å². The lowest BCUT2D eigenvalue weighted by molar-refractivity contribution is 0.228. The van der Waals surface area contributed by atoms with Gasteiger partial charge in [-0.15, -0.1) is 0 Å². The molecule has 1 aliphatic heterocycles. The van der Waals surface area contributed by atoms with Crippen LogP contribution in [0.5, 0.6) is 0 Å². The molecule has 1 rings (SSSR count). The summed E-state index contributed by atoms with van der Waals surface area (Å²) >= 11 is 0. The molecule has 6 nitrogen and oxygen atoms in total. The molecule has 0 aromatic rings. The summed E-state index contributed by atoms with van der Waals surface area (Å²) in [7, 11) is -3.34. The van der Waals surface area contributed by atoms with E-state index in [1.807, 2.05) is 20.8 Å². The molecule has 0 spiro atoms. The van der Waals surface area contributed by atoms with Crippen molar-refractivity contribution in [3.8, 4) is 0 Å². The monoisotopic (exact) mass is 276 g/mol. The third kappa shape index (κ3) is 2.84. The van der Waals surface area contributed by atoms with Gasteiger partial charge < -0.3 is 5.73 Å². The Hall–Kier alpha value is -0.660. The Balaban J connectivity index is 2.77. The predicted molar refractivity (Wildman–Crippen MR) is 72.7 cm³/mol. The number of nitrogens with zero attached hydrogens (tertiary/aromatic N) is 2. The highest BCUT2D eigenvalue weighted by Gasteiger charge is 2.38. The Bertz CT molecular complexity index is 395. The summed E-state index contributed by atoms with van der Waals surface area (Å²) in [4.78, 5) is 0. The molecular weight excluding hydrogens is 252 g/mol. The quantitative estimate of drug-likeness (QED) is 0.569. The molecule has 0 aromatic carbocycles. The van der Waals surface area contributed by atoms with Crippen LogP contribution in [0.1, 0.15) is 33.6 Å². The molecule has 1 heterocycles. The molecule has 0 unspecified atom stereocenters. The lowest BCUT2D eigenvalue weighted by Gasteiger charge is -2.39. The van der Waals surface area contributed by atoms with E-state index >= 15 is 0 Å². The van der Waals surface area contributed by atoms with Crippen LogP contribution in [0.25, 0.3) is 0 Å². The summed E-state index contributed by atoms with van der Waals surface area (Å²) in [5, 5.41) is 7.56. The number of hydrogen-bond acceptors (Lipinski definition) is 3. The van der Waals surface area contributed by atoms with Crippen molar-refractivity contribution < 1.29 is 8.42 Å². The lowest BCUT2D eigenvalue weighted by atomic mass is 9.80. The summed E-state index contributed by atoms with van der Waals surface area (Å²) in [6, 6.07) is 0. The van der Waals surface area contributed by atoms with Crippen molar-refractivity contribution in [3.63, 3.8) is 0 Å². The van der Waals surface area contributed by atoms with Gasteiger partial charge in [-0.05, 0) is 12.8 Å². The van der Waals surface area contributed by atoms with Crippen LogP contribution in [0.4, 0.5) is 0 Å². The van der Waals surface area contributed by atoms with Gasteiger partial charge >= 0.3 is 0 Å². The molecule has 0 atom stereocenters. The number of rotatable bonds is 5. The van der Waals surface area contributed by atoms with Gasteiger partial charge in [-0.3, -0.25) is 5.41 Å². The highest BCUT2D eigenvalue weighted by molar-refractivity contribution is 7.86. The summed E-state index contributed by atoms with van der Waals surface area (Å²) < 4.78 is 27.6. The maximum Gasteiger partial charge on any atom is 0.281 e. The first-order valence-corrected chi connectivity index (χ1v) is 7.77. The van der Waals surface area contributed by atoms with E-state index in [1.54, 1.807) is 0 Å². The molecule has 0 radical (unpaired) electrons. The number of hydrogen-bond donors (Lipinski definition) is 2. The molecule has 0 bridgehead atoms. The molecule has 3 N–H and O–H groups in total. The first kappa shape index (κ1) is 15.4. The van der Waals surface area contributed by atoms with Crippen LogP contribution >= 0.6 is 0 Å². The Morgan fingerprint density at radius 1 is 1.33 bits per heavy atom. The van der Waals surface area contributed by atoms with Gasteiger partial charge in [-0.25, -0.2) is 0 Å². The topological polar surface area (TPSA) is 90.5 Å². The van der Waals surface area contributed by atoms with Crippen molar-refractivity contribution in [2.45, 2.75) is 33.6 Å². The minimum atomic E-state index is -3.34. The normalized spacial score (nSPS) is 21.1.